The molecule has 12 heteroatoms. The molecule has 1 saturated heterocycles. The summed E-state index contributed by atoms with van der Waals surface area (Å²) in [6.45, 7) is 7.70. The third kappa shape index (κ3) is 8.28. The first-order chi connectivity index (χ1) is 22.2. The number of aliphatic hydroxyl groups is 1. The summed E-state index contributed by atoms with van der Waals surface area (Å²) in [5.41, 5.74) is 11.0. The summed E-state index contributed by atoms with van der Waals surface area (Å²) in [4.78, 5) is 28.2. The number of aliphatic hydroxyl groups excluding tert-OH is 1. The van der Waals surface area contributed by atoms with Crippen LogP contribution in [0.25, 0.3) is 11.3 Å². The molecule has 244 valence electrons. The molecule has 2 aliphatic rings. The van der Waals surface area contributed by atoms with Crippen molar-refractivity contribution in [3.8, 4) is 23.1 Å². The van der Waals surface area contributed by atoms with Gasteiger partial charge in [-0.25, -0.2) is 0 Å². The van der Waals surface area contributed by atoms with E-state index in [2.05, 4.69) is 23.7 Å². The summed E-state index contributed by atoms with van der Waals surface area (Å²) in [5.74, 6) is 4.70. The summed E-state index contributed by atoms with van der Waals surface area (Å²) in [7, 11) is 0. The fraction of sp³-hybridized carbons (Fsp3) is 0.441. The summed E-state index contributed by atoms with van der Waals surface area (Å²) >= 11 is 13.0. The van der Waals surface area contributed by atoms with Crippen molar-refractivity contribution in [3.05, 3.63) is 74.4 Å². The van der Waals surface area contributed by atoms with Gasteiger partial charge >= 0.3 is 11.8 Å². The van der Waals surface area contributed by atoms with Crippen molar-refractivity contribution in [1.29, 1.82) is 0 Å². The van der Waals surface area contributed by atoms with Crippen LogP contribution in [0.3, 0.4) is 0 Å². The van der Waals surface area contributed by atoms with Gasteiger partial charge in [0.15, 0.2) is 0 Å². The first kappa shape index (κ1) is 33.9. The minimum Gasteiger partial charge on any atom is -0.396 e. The van der Waals surface area contributed by atoms with Gasteiger partial charge in [0.2, 0.25) is 0 Å². The Labute approximate surface area is 279 Å². The predicted molar refractivity (Wildman–Crippen MR) is 176 cm³/mol. The Hall–Kier alpha value is -3.43. The highest BCUT2D eigenvalue weighted by Gasteiger charge is 2.30. The summed E-state index contributed by atoms with van der Waals surface area (Å²) < 4.78 is 13.2. The molecule has 0 unspecified atom stereocenters. The Morgan fingerprint density at radius 2 is 1.93 bits per heavy atom. The number of ether oxygens (including phenoxy) is 2. The zero-order valence-corrected chi connectivity index (χ0v) is 27.4. The number of rotatable bonds is 10. The minimum absolute atomic E-state index is 0.0696. The molecule has 2 aliphatic heterocycles. The van der Waals surface area contributed by atoms with Crippen LogP contribution in [0.4, 0.5) is 0 Å². The van der Waals surface area contributed by atoms with Crippen molar-refractivity contribution in [2.75, 3.05) is 46.1 Å². The standard InChI is InChI=1S/C34H39Cl2N5O5/c1-23-21-46-17-14-39(23)11-2-12-41-31-10-13-40(34(44)33(37)43)20-28(31)32(38-41)26-7-9-29(35)25(19-26)6-4-24-5-8-30(36)27(18-24)22-45-16-3-15-42/h5,7-9,18-19,23,42H,2-3,10-17,20-22H2,1H3,(H2,37,43)/t23-/m0/s1. The molecule has 46 heavy (non-hydrogen) atoms. The lowest BCUT2D eigenvalue weighted by atomic mass is 9.99. The molecule has 2 aromatic carbocycles. The van der Waals surface area contributed by atoms with E-state index in [0.717, 1.165) is 72.9 Å². The number of nitrogens with zero attached hydrogens (tertiary/aromatic N) is 4. The Bertz CT molecular complexity index is 1630. The smallest absolute Gasteiger partial charge is 0.311 e. The van der Waals surface area contributed by atoms with Crippen molar-refractivity contribution in [3.63, 3.8) is 0 Å². The molecule has 0 aliphatic carbocycles. The molecule has 1 atom stereocenters. The number of amides is 2. The molecular weight excluding hydrogens is 629 g/mol. The van der Waals surface area contributed by atoms with Crippen LogP contribution < -0.4 is 5.73 Å². The van der Waals surface area contributed by atoms with Gasteiger partial charge in [-0.05, 0) is 55.7 Å². The van der Waals surface area contributed by atoms with E-state index >= 15 is 0 Å². The van der Waals surface area contributed by atoms with Crippen LogP contribution in [-0.4, -0.2) is 88.6 Å². The first-order valence-corrected chi connectivity index (χ1v) is 16.3. The van der Waals surface area contributed by atoms with E-state index in [-0.39, 0.29) is 13.2 Å². The molecule has 3 heterocycles. The van der Waals surface area contributed by atoms with Gasteiger partial charge in [-0.3, -0.25) is 19.2 Å². The lowest BCUT2D eigenvalue weighted by molar-refractivity contribution is -0.144. The van der Waals surface area contributed by atoms with Gasteiger partial charge in [0.25, 0.3) is 0 Å². The van der Waals surface area contributed by atoms with Crippen LogP contribution in [0.5, 0.6) is 0 Å². The molecule has 5 rings (SSSR count). The highest BCUT2D eigenvalue weighted by Crippen LogP contribution is 2.32. The maximum Gasteiger partial charge on any atom is 0.311 e. The van der Waals surface area contributed by atoms with E-state index < -0.39 is 11.8 Å². The quantitative estimate of drug-likeness (QED) is 0.192. The third-order valence-corrected chi connectivity index (χ3v) is 8.98. The maximum atomic E-state index is 12.5. The van der Waals surface area contributed by atoms with Crippen LogP contribution in [0.15, 0.2) is 36.4 Å². The normalized spacial score (nSPS) is 16.5. The fourth-order valence-corrected chi connectivity index (χ4v) is 6.11. The van der Waals surface area contributed by atoms with Crippen LogP contribution in [0, 0.1) is 11.8 Å². The predicted octanol–water partition coefficient (Wildman–Crippen LogP) is 3.64. The lowest BCUT2D eigenvalue weighted by Crippen LogP contribution is -2.44. The molecule has 2 amide bonds. The van der Waals surface area contributed by atoms with Gasteiger partial charge in [0.05, 0.1) is 37.1 Å². The number of fused-ring (bicyclic) bond motifs is 1. The molecule has 3 aromatic rings. The van der Waals surface area contributed by atoms with Gasteiger partial charge in [0.1, 0.15) is 0 Å². The Morgan fingerprint density at radius 3 is 2.72 bits per heavy atom. The molecule has 1 aromatic heterocycles. The average molecular weight is 669 g/mol. The number of aromatic nitrogens is 2. The van der Waals surface area contributed by atoms with Crippen molar-refractivity contribution < 1.29 is 24.2 Å². The number of aryl methyl sites for hydroxylation is 1. The third-order valence-electron chi connectivity index (χ3n) is 8.28. The molecule has 3 N–H and O–H groups in total. The number of primary amides is 1. The first-order valence-electron chi connectivity index (χ1n) is 15.5. The number of carbonyl (C=O) groups is 2. The molecule has 0 radical (unpaired) electrons. The van der Waals surface area contributed by atoms with Crippen LogP contribution in [0.1, 0.15) is 47.7 Å². The fourth-order valence-electron chi connectivity index (χ4n) is 5.77. The summed E-state index contributed by atoms with van der Waals surface area (Å²) in [5, 5.41) is 15.1. The zero-order chi connectivity index (χ0) is 32.6. The second-order valence-electron chi connectivity index (χ2n) is 11.5. The lowest BCUT2D eigenvalue weighted by Gasteiger charge is -2.33. The van der Waals surface area contributed by atoms with Crippen LogP contribution in [0.2, 0.25) is 10.0 Å². The van der Waals surface area contributed by atoms with Crippen LogP contribution in [-0.2, 0) is 45.2 Å². The molecule has 0 bridgehead atoms. The average Bonchev–Trinajstić information content (AvgIpc) is 3.42. The van der Waals surface area contributed by atoms with Crippen molar-refractivity contribution in [1.82, 2.24) is 19.6 Å². The van der Waals surface area contributed by atoms with Gasteiger partial charge in [-0.1, -0.05) is 41.1 Å². The molecule has 10 nitrogen and oxygen atoms in total. The summed E-state index contributed by atoms with van der Waals surface area (Å²) in [6.07, 6.45) is 2.04. The van der Waals surface area contributed by atoms with Gasteiger partial charge in [-0.15, -0.1) is 0 Å². The highest BCUT2D eigenvalue weighted by atomic mass is 35.5. The van der Waals surface area contributed by atoms with E-state index in [9.17, 15) is 9.59 Å². The zero-order valence-electron chi connectivity index (χ0n) is 25.9. The largest absolute Gasteiger partial charge is 0.396 e. The molecular formula is C34H39Cl2N5O5. The van der Waals surface area contributed by atoms with E-state index in [1.54, 1.807) is 12.1 Å². The second kappa shape index (κ2) is 15.9. The van der Waals surface area contributed by atoms with E-state index in [1.807, 2.05) is 28.9 Å². The Balaban J connectivity index is 1.41. The van der Waals surface area contributed by atoms with Gasteiger partial charge < -0.3 is 25.2 Å². The number of hydrogen-bond donors (Lipinski definition) is 2. The number of carbonyl (C=O) groups excluding carboxylic acids is 2. The second-order valence-corrected chi connectivity index (χ2v) is 12.3. The number of morpholine rings is 1. The van der Waals surface area contributed by atoms with E-state index in [1.165, 1.54) is 4.90 Å². The highest BCUT2D eigenvalue weighted by molar-refractivity contribution is 6.34. The number of nitrogens with two attached hydrogens (primary N) is 1. The Morgan fingerprint density at radius 1 is 1.11 bits per heavy atom. The van der Waals surface area contributed by atoms with Crippen molar-refractivity contribution in [2.45, 2.75) is 51.9 Å². The molecule has 0 spiro atoms. The Kier molecular flexibility index (Phi) is 11.7. The monoisotopic (exact) mass is 667 g/mol. The van der Waals surface area contributed by atoms with Gasteiger partial charge in [0, 0.05) is 84.8 Å². The van der Waals surface area contributed by atoms with Crippen LogP contribution >= 0.6 is 23.2 Å². The molecule has 0 saturated carbocycles. The summed E-state index contributed by atoms with van der Waals surface area (Å²) in [6, 6.07) is 11.5. The van der Waals surface area contributed by atoms with Crippen molar-refractivity contribution in [2.24, 2.45) is 5.73 Å². The number of halogens is 2. The van der Waals surface area contributed by atoms with Gasteiger partial charge in [-0.2, -0.15) is 5.10 Å². The topological polar surface area (TPSA) is 123 Å². The number of hydrogen-bond acceptors (Lipinski definition) is 7. The maximum absolute atomic E-state index is 12.5. The van der Waals surface area contributed by atoms with E-state index in [4.69, 9.17) is 48.6 Å². The molecule has 1 fully saturated rings. The SMILES string of the molecule is C[C@H]1COCCN1CCCn1nc(-c2ccc(Cl)c(C#Cc3ccc(Cl)c(COCCCO)c3)c2)c2c1CCN(C(=O)C(N)=O)C2. The van der Waals surface area contributed by atoms with E-state index in [0.29, 0.717) is 54.3 Å². The van der Waals surface area contributed by atoms with Crippen molar-refractivity contribution >= 4 is 35.0 Å². The number of benzene rings is 2. The minimum atomic E-state index is -0.969.